The lowest BCUT2D eigenvalue weighted by molar-refractivity contribution is -0.212. The molecule has 0 amide bonds. The number of aliphatic hydroxyl groups is 1. The average Bonchev–Trinajstić information content (AvgIpc) is 3.10. The van der Waals surface area contributed by atoms with Crippen molar-refractivity contribution in [2.75, 3.05) is 17.8 Å². The molecule has 10 atom stereocenters. The summed E-state index contributed by atoms with van der Waals surface area (Å²) >= 11 is 5.87. The first-order valence-electron chi connectivity index (χ1n) is 10.6. The van der Waals surface area contributed by atoms with Crippen molar-refractivity contribution in [3.63, 3.8) is 0 Å². The van der Waals surface area contributed by atoms with E-state index in [1.54, 1.807) is 0 Å². The number of benzene rings is 1. The van der Waals surface area contributed by atoms with Crippen molar-refractivity contribution < 1.29 is 14.6 Å². The third kappa shape index (κ3) is 2.13. The molecule has 6 aliphatic rings. The molecule has 158 valence electrons. The summed E-state index contributed by atoms with van der Waals surface area (Å²) in [5.41, 5.74) is 2.36. The Morgan fingerprint density at radius 2 is 2.10 bits per heavy atom. The van der Waals surface area contributed by atoms with Gasteiger partial charge in [-0.2, -0.15) is 0 Å². The van der Waals surface area contributed by atoms with E-state index in [9.17, 15) is 9.90 Å². The van der Waals surface area contributed by atoms with Gasteiger partial charge in [-0.05, 0) is 36.8 Å². The molecule has 5 bridgehead atoms. The number of hydrogen-bond acceptors (Lipinski definition) is 5. The number of nitrogens with zero attached hydrogens (tertiary/aromatic N) is 2. The van der Waals surface area contributed by atoms with E-state index in [0.717, 1.165) is 19.3 Å². The zero-order valence-corrected chi connectivity index (χ0v) is 18.3. The van der Waals surface area contributed by atoms with Gasteiger partial charge in [0.1, 0.15) is 18.2 Å². The molecule has 5 fully saturated rings. The fourth-order valence-electron chi connectivity index (χ4n) is 8.20. The number of para-hydroxylation sites is 1. The van der Waals surface area contributed by atoms with Crippen molar-refractivity contribution >= 4 is 35.7 Å². The van der Waals surface area contributed by atoms with Crippen LogP contribution in [0.3, 0.4) is 0 Å². The summed E-state index contributed by atoms with van der Waals surface area (Å²) in [6, 6.07) is 9.40. The van der Waals surface area contributed by atoms with Gasteiger partial charge in [-0.25, -0.2) is 0 Å². The van der Waals surface area contributed by atoms with Gasteiger partial charge in [0.05, 0.1) is 11.5 Å². The molecule has 7 rings (SSSR count). The first kappa shape index (κ1) is 19.9. The second-order valence-corrected chi connectivity index (χ2v) is 9.67. The van der Waals surface area contributed by atoms with Gasteiger partial charge in [0.2, 0.25) is 0 Å². The van der Waals surface area contributed by atoms with Crippen molar-refractivity contribution in [1.29, 1.82) is 0 Å². The Morgan fingerprint density at radius 1 is 1.34 bits per heavy atom. The number of ether oxygens (including phenoxy) is 1. The number of carbonyl (C=O) groups excluding carboxylic acids is 1. The summed E-state index contributed by atoms with van der Waals surface area (Å²) in [7, 11) is 2.17. The minimum absolute atomic E-state index is 0. The molecule has 1 N–H and O–H groups in total. The molecule has 5 heterocycles. The first-order chi connectivity index (χ1) is 13.5. The maximum Gasteiger partial charge on any atom is 0.321 e. The molecule has 0 radical (unpaired) electrons. The summed E-state index contributed by atoms with van der Waals surface area (Å²) < 4.78 is 6.19. The summed E-state index contributed by atoms with van der Waals surface area (Å²) in [6.45, 7) is 2.17. The molecular formula is C22H28Cl2N2O3. The fraction of sp³-hybridized carbons (Fsp3) is 0.682. The Balaban J connectivity index is 0.00000181. The Hall–Kier alpha value is -1.01. The maximum atomic E-state index is 12.4. The van der Waals surface area contributed by atoms with Gasteiger partial charge in [-0.3, -0.25) is 9.69 Å². The second kappa shape index (κ2) is 6.49. The van der Waals surface area contributed by atoms with Crippen molar-refractivity contribution in [1.82, 2.24) is 4.90 Å². The van der Waals surface area contributed by atoms with Crippen molar-refractivity contribution in [3.05, 3.63) is 29.8 Å². The standard InChI is InChI=1S/C22H27ClN2O3.ClH/c1-3-11-12-8-15-19-22(13-6-4-5-7-14(13)24(19)2)9-16(25(15)21(11)27)18(12)20(22)28-17(26)10-23;/h4-7,11-12,15-16,18-21,27H,3,8-10H2,1-2H3;1H/t11-,12-,15-,16-,18-,19-,20+,21+,22+;/m0./s1. The number of fused-ring (bicyclic) bond motifs is 2. The van der Waals surface area contributed by atoms with Crippen LogP contribution >= 0.6 is 24.0 Å². The van der Waals surface area contributed by atoms with E-state index in [2.05, 4.69) is 48.0 Å². The Morgan fingerprint density at radius 3 is 2.83 bits per heavy atom. The molecule has 7 heteroatoms. The van der Waals surface area contributed by atoms with Crippen LogP contribution in [0.5, 0.6) is 0 Å². The van der Waals surface area contributed by atoms with Crippen LogP contribution < -0.4 is 4.90 Å². The maximum absolute atomic E-state index is 12.4. The van der Waals surface area contributed by atoms with Crippen LogP contribution in [0.25, 0.3) is 0 Å². The van der Waals surface area contributed by atoms with E-state index in [0.29, 0.717) is 12.0 Å². The van der Waals surface area contributed by atoms with Crippen LogP contribution in [0.15, 0.2) is 24.3 Å². The van der Waals surface area contributed by atoms with Crippen molar-refractivity contribution in [2.24, 2.45) is 17.8 Å². The molecule has 1 saturated carbocycles. The monoisotopic (exact) mass is 438 g/mol. The minimum atomic E-state index is -0.382. The molecule has 1 aromatic rings. The van der Waals surface area contributed by atoms with Crippen molar-refractivity contribution in [2.45, 2.75) is 62.1 Å². The van der Waals surface area contributed by atoms with Gasteiger partial charge in [0.25, 0.3) is 0 Å². The highest BCUT2D eigenvalue weighted by Gasteiger charge is 2.77. The molecule has 5 nitrogen and oxygen atoms in total. The summed E-state index contributed by atoms with van der Waals surface area (Å²) in [6.07, 6.45) is 2.44. The lowest BCUT2D eigenvalue weighted by atomic mass is 9.62. The van der Waals surface area contributed by atoms with Crippen LogP contribution in [0.2, 0.25) is 0 Å². The lowest BCUT2D eigenvalue weighted by Crippen LogP contribution is -2.72. The topological polar surface area (TPSA) is 53.0 Å². The molecule has 1 spiro atoms. The number of carbonyl (C=O) groups is 1. The zero-order chi connectivity index (χ0) is 19.4. The van der Waals surface area contributed by atoms with Gasteiger partial charge in [-0.15, -0.1) is 24.0 Å². The molecule has 4 saturated heterocycles. The molecule has 5 aliphatic heterocycles. The van der Waals surface area contributed by atoms with Crippen LogP contribution in [-0.4, -0.2) is 59.4 Å². The van der Waals surface area contributed by atoms with Crippen LogP contribution in [0, 0.1) is 17.8 Å². The second-order valence-electron chi connectivity index (χ2n) is 9.41. The van der Waals surface area contributed by atoms with Gasteiger partial charge in [-0.1, -0.05) is 25.1 Å². The van der Waals surface area contributed by atoms with E-state index in [4.69, 9.17) is 16.3 Å². The number of likely N-dealkylation sites (N-methyl/N-ethyl adjacent to an activating group) is 1. The number of anilines is 1. The summed E-state index contributed by atoms with van der Waals surface area (Å²) in [5, 5.41) is 11.2. The predicted octanol–water partition coefficient (Wildman–Crippen LogP) is 2.77. The first-order valence-corrected chi connectivity index (χ1v) is 11.1. The Labute approximate surface area is 182 Å². The van der Waals surface area contributed by atoms with E-state index in [-0.39, 0.29) is 65.9 Å². The molecule has 1 aliphatic carbocycles. The van der Waals surface area contributed by atoms with Crippen LogP contribution in [0.4, 0.5) is 5.69 Å². The highest BCUT2D eigenvalue weighted by atomic mass is 35.5. The number of hydrogen-bond donors (Lipinski definition) is 1. The minimum Gasteiger partial charge on any atom is -0.460 e. The highest BCUT2D eigenvalue weighted by Crippen LogP contribution is 2.69. The molecule has 1 unspecified atom stereocenters. The largest absolute Gasteiger partial charge is 0.460 e. The molecule has 0 aromatic heterocycles. The highest BCUT2D eigenvalue weighted by molar-refractivity contribution is 6.26. The van der Waals surface area contributed by atoms with E-state index >= 15 is 0 Å². The average molecular weight is 439 g/mol. The summed E-state index contributed by atoms with van der Waals surface area (Å²) in [5.74, 6) is 0.510. The van der Waals surface area contributed by atoms with Crippen LogP contribution in [-0.2, 0) is 14.9 Å². The SMILES string of the molecule is CC[C@H]1[C@@H]2C[C@H]3[C@@H]4N(C)c5ccccc5[C@]45C[C@@H]([C@H]2[C@H]5OC(=O)CCl)N3[C@@H]1O.Cl. The number of alkyl halides is 1. The summed E-state index contributed by atoms with van der Waals surface area (Å²) in [4.78, 5) is 17.2. The molecule has 29 heavy (non-hydrogen) atoms. The number of aliphatic hydroxyl groups excluding tert-OH is 1. The van der Waals surface area contributed by atoms with Crippen LogP contribution in [0.1, 0.15) is 31.7 Å². The van der Waals surface area contributed by atoms with E-state index in [1.165, 1.54) is 11.3 Å². The number of piperidine rings is 4. The van der Waals surface area contributed by atoms with Gasteiger partial charge in [0.15, 0.2) is 0 Å². The van der Waals surface area contributed by atoms with Gasteiger partial charge < -0.3 is 14.7 Å². The molecule has 1 aromatic carbocycles. The number of esters is 1. The number of halogens is 2. The zero-order valence-electron chi connectivity index (χ0n) is 16.7. The quantitative estimate of drug-likeness (QED) is 0.580. The van der Waals surface area contributed by atoms with E-state index in [1.807, 2.05) is 0 Å². The molecular weight excluding hydrogens is 411 g/mol. The third-order valence-electron chi connectivity index (χ3n) is 8.79. The Bertz CT molecular complexity index is 853. The predicted molar refractivity (Wildman–Crippen MR) is 114 cm³/mol. The smallest absolute Gasteiger partial charge is 0.321 e. The normalized spacial score (nSPS) is 47.6. The van der Waals surface area contributed by atoms with Gasteiger partial charge in [0, 0.05) is 36.7 Å². The fourth-order valence-corrected chi connectivity index (χ4v) is 8.26. The third-order valence-corrected chi connectivity index (χ3v) is 9.01. The lowest BCUT2D eigenvalue weighted by Gasteiger charge is -2.62. The van der Waals surface area contributed by atoms with E-state index < -0.39 is 0 Å². The van der Waals surface area contributed by atoms with Gasteiger partial charge >= 0.3 is 5.97 Å². The van der Waals surface area contributed by atoms with Crippen molar-refractivity contribution in [3.8, 4) is 0 Å². The Kier molecular flexibility index (Phi) is 4.46. The number of rotatable bonds is 3.